The summed E-state index contributed by atoms with van der Waals surface area (Å²) in [5.74, 6) is 0.385. The zero-order chi connectivity index (χ0) is 21.6. The molecule has 0 aliphatic heterocycles. The van der Waals surface area contributed by atoms with E-state index in [9.17, 15) is 17.6 Å². The average molecular weight is 428 g/mol. The predicted molar refractivity (Wildman–Crippen MR) is 111 cm³/mol. The molecule has 2 N–H and O–H groups in total. The van der Waals surface area contributed by atoms with Crippen LogP contribution in [0, 0.1) is 5.82 Å². The minimum Gasteiger partial charge on any atom is -0.457 e. The van der Waals surface area contributed by atoms with Gasteiger partial charge in [0.15, 0.2) is 0 Å². The Bertz CT molecular complexity index is 1110. The number of hydrogen-bond acceptors (Lipinski definition) is 4. The SMILES string of the molecule is CCNS(=O)(=O)c1cccc(C(=O)NCc2ccc(Oc3ccc(F)cc3)cc2)c1. The van der Waals surface area contributed by atoms with Crippen molar-refractivity contribution in [2.45, 2.75) is 18.4 Å². The molecule has 0 bridgehead atoms. The number of nitrogens with one attached hydrogen (secondary N) is 2. The van der Waals surface area contributed by atoms with Crippen LogP contribution in [0.4, 0.5) is 4.39 Å². The van der Waals surface area contributed by atoms with Gasteiger partial charge in [-0.05, 0) is 60.2 Å². The van der Waals surface area contributed by atoms with Gasteiger partial charge in [0.05, 0.1) is 4.90 Å². The summed E-state index contributed by atoms with van der Waals surface area (Å²) in [6, 6.07) is 18.7. The van der Waals surface area contributed by atoms with Crippen molar-refractivity contribution in [3.8, 4) is 11.5 Å². The van der Waals surface area contributed by atoms with Gasteiger partial charge in [-0.2, -0.15) is 0 Å². The highest BCUT2D eigenvalue weighted by Crippen LogP contribution is 2.22. The van der Waals surface area contributed by atoms with Crippen molar-refractivity contribution in [3.63, 3.8) is 0 Å². The number of halogens is 1. The van der Waals surface area contributed by atoms with E-state index in [0.29, 0.717) is 11.5 Å². The lowest BCUT2D eigenvalue weighted by molar-refractivity contribution is 0.0950. The molecule has 0 aromatic heterocycles. The second-order valence-electron chi connectivity index (χ2n) is 6.41. The van der Waals surface area contributed by atoms with Crippen LogP contribution in [0.1, 0.15) is 22.8 Å². The Labute approximate surface area is 174 Å². The topological polar surface area (TPSA) is 84.5 Å². The molecule has 0 atom stereocenters. The van der Waals surface area contributed by atoms with E-state index < -0.39 is 10.0 Å². The van der Waals surface area contributed by atoms with Crippen LogP contribution < -0.4 is 14.8 Å². The summed E-state index contributed by atoms with van der Waals surface area (Å²) in [5.41, 5.74) is 1.09. The van der Waals surface area contributed by atoms with Crippen LogP contribution in [-0.2, 0) is 16.6 Å². The molecule has 0 radical (unpaired) electrons. The van der Waals surface area contributed by atoms with E-state index in [1.54, 1.807) is 37.3 Å². The summed E-state index contributed by atoms with van der Waals surface area (Å²) >= 11 is 0. The molecule has 0 aliphatic rings. The second kappa shape index (κ2) is 9.51. The van der Waals surface area contributed by atoms with Crippen molar-refractivity contribution in [3.05, 3.63) is 89.7 Å². The number of hydrogen-bond donors (Lipinski definition) is 2. The first-order valence-electron chi connectivity index (χ1n) is 9.27. The van der Waals surface area contributed by atoms with E-state index >= 15 is 0 Å². The molecular formula is C22H21FN2O4S. The van der Waals surface area contributed by atoms with Gasteiger partial charge in [-0.15, -0.1) is 0 Å². The lowest BCUT2D eigenvalue weighted by atomic mass is 10.2. The Morgan fingerprint density at radius 2 is 1.60 bits per heavy atom. The monoisotopic (exact) mass is 428 g/mol. The quantitative estimate of drug-likeness (QED) is 0.571. The summed E-state index contributed by atoms with van der Waals surface area (Å²) in [4.78, 5) is 12.5. The standard InChI is InChI=1S/C22H21FN2O4S/c1-2-25-30(27,28)21-5-3-4-17(14-21)22(26)24-15-16-6-10-19(11-7-16)29-20-12-8-18(23)9-13-20/h3-14,25H,2,15H2,1H3,(H,24,26). The van der Waals surface area contributed by atoms with Gasteiger partial charge in [-0.3, -0.25) is 4.79 Å². The van der Waals surface area contributed by atoms with Crippen molar-refractivity contribution in [1.29, 1.82) is 0 Å². The molecule has 0 heterocycles. The maximum Gasteiger partial charge on any atom is 0.251 e. The lowest BCUT2D eigenvalue weighted by Crippen LogP contribution is -2.25. The molecule has 30 heavy (non-hydrogen) atoms. The number of sulfonamides is 1. The minimum atomic E-state index is -3.63. The van der Waals surface area contributed by atoms with Gasteiger partial charge < -0.3 is 10.1 Å². The fraction of sp³-hybridized carbons (Fsp3) is 0.136. The number of carbonyl (C=O) groups is 1. The highest BCUT2D eigenvalue weighted by atomic mass is 32.2. The van der Waals surface area contributed by atoms with Crippen molar-refractivity contribution in [2.75, 3.05) is 6.54 Å². The van der Waals surface area contributed by atoms with Gasteiger partial charge in [0, 0.05) is 18.7 Å². The van der Waals surface area contributed by atoms with Crippen molar-refractivity contribution in [2.24, 2.45) is 0 Å². The maximum atomic E-state index is 12.9. The third-order valence-corrected chi connectivity index (χ3v) is 5.71. The molecule has 0 aliphatic carbocycles. The van der Waals surface area contributed by atoms with Crippen LogP contribution in [0.15, 0.2) is 77.7 Å². The van der Waals surface area contributed by atoms with E-state index in [4.69, 9.17) is 4.74 Å². The molecule has 3 aromatic rings. The van der Waals surface area contributed by atoms with Gasteiger partial charge in [0.1, 0.15) is 17.3 Å². The summed E-state index contributed by atoms with van der Waals surface area (Å²) in [6.07, 6.45) is 0. The van der Waals surface area contributed by atoms with E-state index in [1.807, 2.05) is 0 Å². The Kier molecular flexibility index (Phi) is 6.81. The fourth-order valence-corrected chi connectivity index (χ4v) is 3.76. The Balaban J connectivity index is 1.60. The van der Waals surface area contributed by atoms with Gasteiger partial charge in [-0.25, -0.2) is 17.5 Å². The minimum absolute atomic E-state index is 0.0410. The van der Waals surface area contributed by atoms with Crippen LogP contribution in [0.25, 0.3) is 0 Å². The molecule has 1 amide bonds. The highest BCUT2D eigenvalue weighted by Gasteiger charge is 2.15. The summed E-state index contributed by atoms with van der Waals surface area (Å²) < 4.78 is 45.2. The molecule has 0 unspecified atom stereocenters. The third-order valence-electron chi connectivity index (χ3n) is 4.17. The largest absolute Gasteiger partial charge is 0.457 e. The van der Waals surface area contributed by atoms with E-state index in [0.717, 1.165) is 5.56 Å². The Morgan fingerprint density at radius 3 is 2.23 bits per heavy atom. The smallest absolute Gasteiger partial charge is 0.251 e. The van der Waals surface area contributed by atoms with Crippen molar-refractivity contribution in [1.82, 2.24) is 10.0 Å². The van der Waals surface area contributed by atoms with Crippen LogP contribution in [0.2, 0.25) is 0 Å². The predicted octanol–water partition coefficient (Wildman–Crippen LogP) is 3.85. The molecule has 3 aromatic carbocycles. The highest BCUT2D eigenvalue weighted by molar-refractivity contribution is 7.89. The van der Waals surface area contributed by atoms with Crippen molar-refractivity contribution >= 4 is 15.9 Å². The molecule has 6 nitrogen and oxygen atoms in total. The first-order chi connectivity index (χ1) is 14.4. The number of ether oxygens (including phenoxy) is 1. The number of amides is 1. The molecule has 156 valence electrons. The van der Waals surface area contributed by atoms with Gasteiger partial charge in [0.25, 0.3) is 5.91 Å². The Morgan fingerprint density at radius 1 is 0.967 bits per heavy atom. The van der Waals surface area contributed by atoms with Gasteiger partial charge in [0.2, 0.25) is 10.0 Å². The fourth-order valence-electron chi connectivity index (χ4n) is 2.68. The Hall–Kier alpha value is -3.23. The molecule has 0 saturated heterocycles. The van der Waals surface area contributed by atoms with E-state index in [-0.39, 0.29) is 35.3 Å². The second-order valence-corrected chi connectivity index (χ2v) is 8.18. The maximum absolute atomic E-state index is 12.9. The van der Waals surface area contributed by atoms with Gasteiger partial charge >= 0.3 is 0 Å². The van der Waals surface area contributed by atoms with Crippen molar-refractivity contribution < 1.29 is 22.3 Å². The molecule has 0 fully saturated rings. The number of carbonyl (C=O) groups excluding carboxylic acids is 1. The van der Waals surface area contributed by atoms with Crippen LogP contribution in [-0.4, -0.2) is 20.9 Å². The van der Waals surface area contributed by atoms with Gasteiger partial charge in [-0.1, -0.05) is 25.1 Å². The summed E-state index contributed by atoms with van der Waals surface area (Å²) in [6.45, 7) is 2.21. The molecule has 0 spiro atoms. The van der Waals surface area contributed by atoms with E-state index in [2.05, 4.69) is 10.0 Å². The molecule has 8 heteroatoms. The van der Waals surface area contributed by atoms with Crippen LogP contribution in [0.3, 0.4) is 0 Å². The zero-order valence-corrected chi connectivity index (χ0v) is 17.1. The van der Waals surface area contributed by atoms with Crippen LogP contribution >= 0.6 is 0 Å². The third kappa shape index (κ3) is 5.65. The van der Waals surface area contributed by atoms with Crippen LogP contribution in [0.5, 0.6) is 11.5 Å². The first-order valence-corrected chi connectivity index (χ1v) is 10.8. The molecule has 0 saturated carbocycles. The normalized spacial score (nSPS) is 11.1. The van der Waals surface area contributed by atoms with E-state index in [1.165, 1.54) is 42.5 Å². The first kappa shape index (κ1) is 21.5. The summed E-state index contributed by atoms with van der Waals surface area (Å²) in [5, 5.41) is 2.76. The molecular weight excluding hydrogens is 407 g/mol. The number of rotatable bonds is 8. The zero-order valence-electron chi connectivity index (χ0n) is 16.3. The molecule has 3 rings (SSSR count). The number of benzene rings is 3. The lowest BCUT2D eigenvalue weighted by Gasteiger charge is -2.09. The average Bonchev–Trinajstić information content (AvgIpc) is 2.75. The summed E-state index contributed by atoms with van der Waals surface area (Å²) in [7, 11) is -3.63.